The Hall–Kier alpha value is -3.54. The summed E-state index contributed by atoms with van der Waals surface area (Å²) >= 11 is 6.49. The second kappa shape index (κ2) is 12.8. The highest BCUT2D eigenvalue weighted by Gasteiger charge is 2.31. The number of rotatable bonds is 11. The van der Waals surface area contributed by atoms with Crippen LogP contribution in [0.25, 0.3) is 0 Å². The van der Waals surface area contributed by atoms with Crippen LogP contribution in [0.1, 0.15) is 48.4 Å². The summed E-state index contributed by atoms with van der Waals surface area (Å²) in [4.78, 5) is 26.7. The molecule has 1 aliphatic carbocycles. The number of piperazine rings is 1. The molecule has 0 atom stereocenters. The molecule has 1 fully saturated rings. The van der Waals surface area contributed by atoms with Crippen molar-refractivity contribution in [2.24, 2.45) is 0 Å². The predicted octanol–water partition coefficient (Wildman–Crippen LogP) is 5.06. The molecule has 3 heterocycles. The van der Waals surface area contributed by atoms with Crippen molar-refractivity contribution >= 4 is 29.1 Å². The number of methoxy groups -OCH3 is 2. The van der Waals surface area contributed by atoms with Crippen molar-refractivity contribution in [2.45, 2.75) is 38.5 Å². The zero-order chi connectivity index (χ0) is 29.9. The van der Waals surface area contributed by atoms with E-state index < -0.39 is 5.91 Å². The lowest BCUT2D eigenvalue weighted by Crippen LogP contribution is -2.44. The maximum atomic E-state index is 13.1. The molecule has 42 heavy (non-hydrogen) atoms. The normalized spacial score (nSPS) is 16.6. The topological polar surface area (TPSA) is 114 Å². The molecule has 1 aromatic carbocycles. The smallest absolute Gasteiger partial charge is 0.291 e. The van der Waals surface area contributed by atoms with Gasteiger partial charge in [-0.1, -0.05) is 25.4 Å². The van der Waals surface area contributed by atoms with Gasteiger partial charge in [-0.2, -0.15) is 9.97 Å². The third-order valence-electron chi connectivity index (χ3n) is 7.92. The number of ether oxygens (including phenoxy) is 3. The standard InChI is InChI=1S/C30H39ClN6O5/c1-30(2)10-9-19-17-21(31)23(18-20(19)30)42-24-8-7-22(41-24)26(38)33-25-27(39-4)34-29(35-28(25)40-5)32-11-6-12-37-15-13-36(3)14-16-37/h7-8,17-18H,6,9-16H2,1-5H3,(H,33,38)(H,32,34,35). The highest BCUT2D eigenvalue weighted by molar-refractivity contribution is 6.32. The second-order valence-electron chi connectivity index (χ2n) is 11.4. The lowest BCUT2D eigenvalue weighted by molar-refractivity contribution is 0.0990. The summed E-state index contributed by atoms with van der Waals surface area (Å²) in [5.41, 5.74) is 2.67. The van der Waals surface area contributed by atoms with Crippen LogP contribution in [0.2, 0.25) is 5.02 Å². The maximum absolute atomic E-state index is 13.1. The first-order valence-corrected chi connectivity index (χ1v) is 14.6. The number of hydrogen-bond acceptors (Lipinski definition) is 10. The van der Waals surface area contributed by atoms with Crippen LogP contribution in [0.5, 0.6) is 23.5 Å². The number of furan rings is 1. The highest BCUT2D eigenvalue weighted by Crippen LogP contribution is 2.44. The van der Waals surface area contributed by atoms with E-state index >= 15 is 0 Å². The lowest BCUT2D eigenvalue weighted by atomic mass is 9.86. The van der Waals surface area contributed by atoms with Crippen LogP contribution >= 0.6 is 11.6 Å². The van der Waals surface area contributed by atoms with Crippen LogP contribution in [0.15, 0.2) is 28.7 Å². The van der Waals surface area contributed by atoms with Crippen molar-refractivity contribution in [1.82, 2.24) is 19.8 Å². The highest BCUT2D eigenvalue weighted by atomic mass is 35.5. The molecule has 2 aromatic heterocycles. The number of aromatic nitrogens is 2. The Bertz CT molecular complexity index is 1390. The van der Waals surface area contributed by atoms with Crippen molar-refractivity contribution in [1.29, 1.82) is 0 Å². The van der Waals surface area contributed by atoms with Crippen molar-refractivity contribution in [2.75, 3.05) is 71.2 Å². The molecule has 2 aliphatic rings. The van der Waals surface area contributed by atoms with Crippen LogP contribution in [0.4, 0.5) is 11.6 Å². The van der Waals surface area contributed by atoms with Gasteiger partial charge in [0, 0.05) is 38.8 Å². The van der Waals surface area contributed by atoms with Crippen LogP contribution in [0, 0.1) is 0 Å². The van der Waals surface area contributed by atoms with Gasteiger partial charge >= 0.3 is 0 Å². The number of amides is 1. The SMILES string of the molecule is COc1nc(NCCCN2CCN(C)CC2)nc(OC)c1NC(=O)c1ccc(Oc2cc3c(cc2Cl)CCC3(C)C)o1. The second-order valence-corrected chi connectivity index (χ2v) is 11.8. The molecule has 0 spiro atoms. The molecule has 3 aromatic rings. The number of fused-ring (bicyclic) bond motifs is 1. The zero-order valence-corrected chi connectivity index (χ0v) is 25.6. The molecule has 5 rings (SSSR count). The number of halogens is 1. The molecule has 1 aliphatic heterocycles. The van der Waals surface area contributed by atoms with Gasteiger partial charge < -0.3 is 39.1 Å². The van der Waals surface area contributed by atoms with E-state index in [1.165, 1.54) is 31.4 Å². The summed E-state index contributed by atoms with van der Waals surface area (Å²) in [6, 6.07) is 7.00. The molecule has 0 radical (unpaired) electrons. The van der Waals surface area contributed by atoms with Gasteiger partial charge in [-0.3, -0.25) is 4.79 Å². The number of nitrogens with zero attached hydrogens (tertiary/aromatic N) is 4. The Morgan fingerprint density at radius 1 is 1.10 bits per heavy atom. The molecule has 0 bridgehead atoms. The van der Waals surface area contributed by atoms with Crippen LogP contribution in [-0.4, -0.2) is 86.2 Å². The number of anilines is 2. The molecular weight excluding hydrogens is 560 g/mol. The number of likely N-dealkylation sites (N-methyl/N-ethyl adjacent to an activating group) is 1. The first-order chi connectivity index (χ1) is 20.2. The van der Waals surface area contributed by atoms with E-state index in [1.54, 1.807) is 6.07 Å². The largest absolute Gasteiger partial charge is 0.479 e. The third-order valence-corrected chi connectivity index (χ3v) is 8.22. The number of carbonyl (C=O) groups excluding carboxylic acids is 1. The van der Waals surface area contributed by atoms with Gasteiger partial charge in [-0.25, -0.2) is 0 Å². The van der Waals surface area contributed by atoms with Gasteiger partial charge in [0.15, 0.2) is 11.4 Å². The molecular formula is C30H39ClN6O5. The van der Waals surface area contributed by atoms with E-state index in [0.29, 0.717) is 23.3 Å². The number of carbonyl (C=O) groups is 1. The number of aryl methyl sites for hydroxylation is 1. The van der Waals surface area contributed by atoms with Crippen LogP contribution in [0.3, 0.4) is 0 Å². The molecule has 0 saturated carbocycles. The average molecular weight is 599 g/mol. The average Bonchev–Trinajstić information content (AvgIpc) is 3.56. The quantitative estimate of drug-likeness (QED) is 0.290. The number of hydrogen-bond donors (Lipinski definition) is 2. The van der Waals surface area contributed by atoms with E-state index in [9.17, 15) is 4.79 Å². The minimum atomic E-state index is -0.542. The summed E-state index contributed by atoms with van der Waals surface area (Å²) in [5.74, 6) is 0.777. The van der Waals surface area contributed by atoms with Crippen molar-refractivity contribution in [3.05, 3.63) is 46.2 Å². The van der Waals surface area contributed by atoms with Gasteiger partial charge in [0.1, 0.15) is 5.75 Å². The molecule has 12 heteroatoms. The summed E-state index contributed by atoms with van der Waals surface area (Å²) in [5, 5.41) is 6.47. The Kier molecular flexibility index (Phi) is 9.10. The van der Waals surface area contributed by atoms with E-state index in [4.69, 9.17) is 30.2 Å². The molecule has 1 amide bonds. The first-order valence-electron chi connectivity index (χ1n) is 14.2. The fourth-order valence-electron chi connectivity index (χ4n) is 5.35. The monoisotopic (exact) mass is 598 g/mol. The fourth-order valence-corrected chi connectivity index (χ4v) is 5.57. The fraction of sp³-hybridized carbons (Fsp3) is 0.500. The summed E-state index contributed by atoms with van der Waals surface area (Å²) < 4.78 is 22.6. The van der Waals surface area contributed by atoms with Crippen LogP contribution < -0.4 is 24.8 Å². The van der Waals surface area contributed by atoms with Gasteiger partial charge in [0.05, 0.1) is 19.2 Å². The van der Waals surface area contributed by atoms with E-state index in [1.807, 2.05) is 12.1 Å². The molecule has 226 valence electrons. The van der Waals surface area contributed by atoms with E-state index in [2.05, 4.69) is 51.3 Å². The minimum Gasteiger partial charge on any atom is -0.479 e. The molecule has 11 nitrogen and oxygen atoms in total. The Morgan fingerprint density at radius 2 is 1.81 bits per heavy atom. The first kappa shape index (κ1) is 29.9. The van der Waals surface area contributed by atoms with Crippen LogP contribution in [-0.2, 0) is 11.8 Å². The van der Waals surface area contributed by atoms with Gasteiger partial charge in [0.2, 0.25) is 17.7 Å². The Morgan fingerprint density at radius 3 is 2.50 bits per heavy atom. The predicted molar refractivity (Wildman–Crippen MR) is 162 cm³/mol. The van der Waals surface area contributed by atoms with Crippen molar-refractivity contribution < 1.29 is 23.4 Å². The van der Waals surface area contributed by atoms with Gasteiger partial charge in [-0.15, -0.1) is 0 Å². The molecule has 1 saturated heterocycles. The van der Waals surface area contributed by atoms with E-state index in [-0.39, 0.29) is 34.6 Å². The molecule has 2 N–H and O–H groups in total. The van der Waals surface area contributed by atoms with Crippen molar-refractivity contribution in [3.63, 3.8) is 0 Å². The van der Waals surface area contributed by atoms with Gasteiger partial charge in [-0.05, 0) is 67.6 Å². The minimum absolute atomic E-state index is 0.0258. The summed E-state index contributed by atoms with van der Waals surface area (Å²) in [7, 11) is 5.08. The Balaban J connectivity index is 1.22. The Labute approximate surface area is 251 Å². The lowest BCUT2D eigenvalue weighted by Gasteiger charge is -2.32. The number of nitrogens with one attached hydrogen (secondary N) is 2. The third kappa shape index (κ3) is 6.74. The van der Waals surface area contributed by atoms with E-state index in [0.717, 1.165) is 52.0 Å². The number of benzene rings is 1. The zero-order valence-electron chi connectivity index (χ0n) is 24.9. The van der Waals surface area contributed by atoms with Gasteiger partial charge in [0.25, 0.3) is 11.9 Å². The molecule has 0 unspecified atom stereocenters. The summed E-state index contributed by atoms with van der Waals surface area (Å²) in [6.07, 6.45) is 2.98. The van der Waals surface area contributed by atoms with Crippen molar-refractivity contribution in [3.8, 4) is 23.5 Å². The summed E-state index contributed by atoms with van der Waals surface area (Å²) in [6.45, 7) is 10.4. The maximum Gasteiger partial charge on any atom is 0.291 e.